The van der Waals surface area contributed by atoms with E-state index in [2.05, 4.69) is 4.98 Å². The summed E-state index contributed by atoms with van der Waals surface area (Å²) < 4.78 is 55.5. The second-order valence-electron chi connectivity index (χ2n) is 7.57. The van der Waals surface area contributed by atoms with E-state index in [0.717, 1.165) is 51.4 Å². The van der Waals surface area contributed by atoms with Crippen molar-refractivity contribution in [3.63, 3.8) is 0 Å². The van der Waals surface area contributed by atoms with Gasteiger partial charge in [-0.3, -0.25) is 0 Å². The topological polar surface area (TPSA) is 53.5 Å². The van der Waals surface area contributed by atoms with Gasteiger partial charge in [0.15, 0.2) is 21.5 Å². The molecular formula is C18H25F2N3O2S. The number of anilines is 2. The highest BCUT2D eigenvalue weighted by Crippen LogP contribution is 2.41. The lowest BCUT2D eigenvalue weighted by Crippen LogP contribution is -2.45. The Labute approximate surface area is 153 Å². The van der Waals surface area contributed by atoms with Gasteiger partial charge in [0, 0.05) is 25.7 Å². The Morgan fingerprint density at radius 3 is 2.27 bits per heavy atom. The summed E-state index contributed by atoms with van der Waals surface area (Å²) in [5.41, 5.74) is -0.138. The van der Waals surface area contributed by atoms with Crippen LogP contribution in [0.1, 0.15) is 51.4 Å². The maximum absolute atomic E-state index is 15.3. The first kappa shape index (κ1) is 17.9. The first-order valence-corrected chi connectivity index (χ1v) is 11.3. The van der Waals surface area contributed by atoms with E-state index in [9.17, 15) is 8.42 Å². The third-order valence-electron chi connectivity index (χ3n) is 5.88. The van der Waals surface area contributed by atoms with Gasteiger partial charge in [-0.25, -0.2) is 12.8 Å². The lowest BCUT2D eigenvalue weighted by Gasteiger charge is -2.40. The summed E-state index contributed by atoms with van der Waals surface area (Å²) in [5.74, 6) is -2.04. The summed E-state index contributed by atoms with van der Waals surface area (Å²) in [6.07, 6.45) is 7.77. The van der Waals surface area contributed by atoms with Gasteiger partial charge in [0.2, 0.25) is 5.95 Å². The molecule has 1 aliphatic carbocycles. The summed E-state index contributed by atoms with van der Waals surface area (Å²) >= 11 is 0. The highest BCUT2D eigenvalue weighted by Gasteiger charge is 2.40. The average Bonchev–Trinajstić information content (AvgIpc) is 2.65. The predicted molar refractivity (Wildman–Crippen MR) is 96.5 cm³/mol. The molecule has 2 fully saturated rings. The molecule has 0 spiro atoms. The van der Waals surface area contributed by atoms with Gasteiger partial charge < -0.3 is 9.80 Å². The third kappa shape index (κ3) is 3.06. The molecule has 0 N–H and O–H groups in total. The van der Waals surface area contributed by atoms with E-state index in [1.54, 1.807) is 9.80 Å². The molecule has 3 heterocycles. The summed E-state index contributed by atoms with van der Waals surface area (Å²) in [6.45, 7) is 1.37. The fourth-order valence-corrected chi connectivity index (χ4v) is 6.03. The van der Waals surface area contributed by atoms with Crippen molar-refractivity contribution in [2.24, 2.45) is 0 Å². The number of sulfone groups is 1. The number of pyridine rings is 1. The molecule has 4 rings (SSSR count). The molecule has 0 aromatic carbocycles. The van der Waals surface area contributed by atoms with Crippen molar-refractivity contribution in [1.29, 1.82) is 0 Å². The molecule has 1 saturated carbocycles. The van der Waals surface area contributed by atoms with E-state index >= 15 is 8.78 Å². The first-order valence-electron chi connectivity index (χ1n) is 9.62. The van der Waals surface area contributed by atoms with Crippen LogP contribution in [-0.2, 0) is 9.84 Å². The SMILES string of the molecule is O=S1(=O)CCN(C2CCCCC2)c2c(F)nc(N3CCCCC3)c(F)c21. The molecule has 26 heavy (non-hydrogen) atoms. The number of fused-ring (bicyclic) bond motifs is 1. The van der Waals surface area contributed by atoms with E-state index in [1.807, 2.05) is 0 Å². The zero-order chi connectivity index (χ0) is 18.3. The van der Waals surface area contributed by atoms with Crippen molar-refractivity contribution < 1.29 is 17.2 Å². The number of nitrogens with zero attached hydrogens (tertiary/aromatic N) is 3. The van der Waals surface area contributed by atoms with Crippen molar-refractivity contribution in [3.05, 3.63) is 11.8 Å². The minimum Gasteiger partial charge on any atom is -0.363 e. The minimum atomic E-state index is -3.85. The van der Waals surface area contributed by atoms with Gasteiger partial charge in [0.25, 0.3) is 0 Å². The summed E-state index contributed by atoms with van der Waals surface area (Å²) in [4.78, 5) is 6.87. The van der Waals surface area contributed by atoms with E-state index in [-0.39, 0.29) is 29.8 Å². The lowest BCUT2D eigenvalue weighted by atomic mass is 9.94. The molecule has 2 aliphatic heterocycles. The smallest absolute Gasteiger partial charge is 0.239 e. The van der Waals surface area contributed by atoms with Crippen LogP contribution in [0.25, 0.3) is 0 Å². The van der Waals surface area contributed by atoms with E-state index in [1.165, 1.54) is 0 Å². The molecule has 1 saturated heterocycles. The monoisotopic (exact) mass is 385 g/mol. The van der Waals surface area contributed by atoms with Crippen LogP contribution in [0.3, 0.4) is 0 Å². The molecule has 1 aromatic heterocycles. The van der Waals surface area contributed by atoms with Crippen molar-refractivity contribution in [2.45, 2.75) is 62.3 Å². The maximum atomic E-state index is 15.3. The van der Waals surface area contributed by atoms with Gasteiger partial charge in [-0.05, 0) is 32.1 Å². The molecule has 0 radical (unpaired) electrons. The molecule has 0 unspecified atom stereocenters. The van der Waals surface area contributed by atoms with Crippen molar-refractivity contribution >= 4 is 21.3 Å². The summed E-state index contributed by atoms with van der Waals surface area (Å²) in [7, 11) is -3.85. The summed E-state index contributed by atoms with van der Waals surface area (Å²) in [5, 5.41) is 0. The highest BCUT2D eigenvalue weighted by molar-refractivity contribution is 7.91. The Morgan fingerprint density at radius 1 is 0.923 bits per heavy atom. The highest BCUT2D eigenvalue weighted by atomic mass is 32.2. The van der Waals surface area contributed by atoms with Gasteiger partial charge in [0.05, 0.1) is 5.75 Å². The summed E-state index contributed by atoms with van der Waals surface area (Å²) in [6, 6.07) is 0.0644. The van der Waals surface area contributed by atoms with Crippen molar-refractivity contribution in [2.75, 3.05) is 35.2 Å². The second kappa shape index (κ2) is 6.94. The molecule has 8 heteroatoms. The normalized spacial score (nSPS) is 23.8. The van der Waals surface area contributed by atoms with Gasteiger partial charge in [0.1, 0.15) is 10.6 Å². The van der Waals surface area contributed by atoms with E-state index < -0.39 is 26.5 Å². The largest absolute Gasteiger partial charge is 0.363 e. The number of halogens is 2. The molecule has 0 atom stereocenters. The van der Waals surface area contributed by atoms with Crippen LogP contribution >= 0.6 is 0 Å². The van der Waals surface area contributed by atoms with Crippen LogP contribution in [0.2, 0.25) is 0 Å². The predicted octanol–water partition coefficient (Wildman–Crippen LogP) is 3.28. The van der Waals surface area contributed by atoms with Gasteiger partial charge >= 0.3 is 0 Å². The Morgan fingerprint density at radius 2 is 1.58 bits per heavy atom. The molecule has 5 nitrogen and oxygen atoms in total. The van der Waals surface area contributed by atoms with Crippen LogP contribution in [0.15, 0.2) is 4.90 Å². The van der Waals surface area contributed by atoms with Crippen molar-refractivity contribution in [1.82, 2.24) is 4.98 Å². The maximum Gasteiger partial charge on any atom is 0.239 e. The fourth-order valence-electron chi connectivity index (χ4n) is 4.53. The van der Waals surface area contributed by atoms with E-state index in [4.69, 9.17) is 0 Å². The van der Waals surface area contributed by atoms with Crippen LogP contribution < -0.4 is 9.80 Å². The molecule has 1 aromatic rings. The van der Waals surface area contributed by atoms with Gasteiger partial charge in [-0.2, -0.15) is 9.37 Å². The van der Waals surface area contributed by atoms with Crippen LogP contribution in [0, 0.1) is 11.8 Å². The van der Waals surface area contributed by atoms with Gasteiger partial charge in [-0.1, -0.05) is 19.3 Å². The Hall–Kier alpha value is -1.44. The molecule has 0 bridgehead atoms. The number of hydrogen-bond acceptors (Lipinski definition) is 5. The lowest BCUT2D eigenvalue weighted by molar-refractivity contribution is 0.405. The average molecular weight is 385 g/mol. The fraction of sp³-hybridized carbons (Fsp3) is 0.722. The second-order valence-corrected chi connectivity index (χ2v) is 9.62. The molecular weight excluding hydrogens is 360 g/mol. The van der Waals surface area contributed by atoms with Crippen LogP contribution in [-0.4, -0.2) is 44.8 Å². The molecule has 144 valence electrons. The number of aromatic nitrogens is 1. The number of hydrogen-bond donors (Lipinski definition) is 0. The minimum absolute atomic E-state index is 0.0644. The molecule has 0 amide bonds. The van der Waals surface area contributed by atoms with Crippen LogP contribution in [0.4, 0.5) is 20.3 Å². The Balaban J connectivity index is 1.82. The quantitative estimate of drug-likeness (QED) is 0.732. The third-order valence-corrected chi connectivity index (χ3v) is 7.60. The van der Waals surface area contributed by atoms with Crippen molar-refractivity contribution in [3.8, 4) is 0 Å². The number of piperidine rings is 1. The van der Waals surface area contributed by atoms with E-state index in [0.29, 0.717) is 13.1 Å². The Bertz CT molecular complexity index is 788. The van der Waals surface area contributed by atoms with Gasteiger partial charge in [-0.15, -0.1) is 0 Å². The number of rotatable bonds is 2. The zero-order valence-electron chi connectivity index (χ0n) is 14.9. The first-order chi connectivity index (χ1) is 12.5. The standard InChI is InChI=1S/C18H25F2N3O2S/c19-14-16-15(17(20)21-18(14)22-9-5-2-6-10-22)23(11-12-26(16,24)25)13-7-3-1-4-8-13/h13H,1-12H2. The zero-order valence-corrected chi connectivity index (χ0v) is 15.7. The Kier molecular flexibility index (Phi) is 4.79. The van der Waals surface area contributed by atoms with Crippen LogP contribution in [0.5, 0.6) is 0 Å². The molecule has 3 aliphatic rings.